The van der Waals surface area contributed by atoms with Gasteiger partial charge in [0, 0.05) is 28.3 Å². The highest BCUT2D eigenvalue weighted by Crippen LogP contribution is 2.64. The Hall–Kier alpha value is -6.19. The Morgan fingerprint density at radius 3 is 2.26 bits per heavy atom. The van der Waals surface area contributed by atoms with E-state index in [1.807, 2.05) is 0 Å². The van der Waals surface area contributed by atoms with Gasteiger partial charge in [-0.1, -0.05) is 121 Å². The third kappa shape index (κ3) is 3.92. The zero-order valence-electron chi connectivity index (χ0n) is 29.3. The highest BCUT2D eigenvalue weighted by molar-refractivity contribution is 5.97. The average molecular weight is 681 g/mol. The molecule has 6 aliphatic rings. The van der Waals surface area contributed by atoms with Gasteiger partial charge in [0.2, 0.25) is 0 Å². The fourth-order valence-electron chi connectivity index (χ4n) is 10.4. The van der Waals surface area contributed by atoms with E-state index in [4.69, 9.17) is 9.72 Å². The first-order valence-electron chi connectivity index (χ1n) is 19.1. The van der Waals surface area contributed by atoms with Gasteiger partial charge in [0.15, 0.2) is 0 Å². The molecule has 0 saturated carbocycles. The van der Waals surface area contributed by atoms with Gasteiger partial charge in [-0.15, -0.1) is 0 Å². The number of allylic oxidation sites excluding steroid dienone is 10. The quantitative estimate of drug-likeness (QED) is 0.186. The second-order valence-corrected chi connectivity index (χ2v) is 15.1. The second kappa shape index (κ2) is 10.9. The molecule has 6 aromatic rings. The number of imidazole rings is 1. The summed E-state index contributed by atoms with van der Waals surface area (Å²) >= 11 is 0. The van der Waals surface area contributed by atoms with Crippen LogP contribution in [0.1, 0.15) is 59.4 Å². The van der Waals surface area contributed by atoms with Crippen LogP contribution in [0.25, 0.3) is 50.4 Å². The Bertz CT molecular complexity index is 2770. The van der Waals surface area contributed by atoms with E-state index in [0.717, 1.165) is 70.7 Å². The summed E-state index contributed by atoms with van der Waals surface area (Å²) in [4.78, 5) is 5.35. The number of para-hydroxylation sites is 3. The molecule has 3 unspecified atom stereocenters. The molecule has 0 radical (unpaired) electrons. The molecule has 5 aliphatic carbocycles. The molecule has 2 heterocycles. The number of aromatic nitrogens is 2. The number of benzene rings is 5. The van der Waals surface area contributed by atoms with Crippen molar-refractivity contribution in [2.24, 2.45) is 0 Å². The average Bonchev–Trinajstić information content (AvgIpc) is 3.96. The van der Waals surface area contributed by atoms with Crippen LogP contribution in [0.15, 0.2) is 169 Å². The van der Waals surface area contributed by atoms with Gasteiger partial charge in [0.25, 0.3) is 0 Å². The predicted molar refractivity (Wildman–Crippen MR) is 215 cm³/mol. The third-order valence-electron chi connectivity index (χ3n) is 12.5. The Morgan fingerprint density at radius 2 is 1.38 bits per heavy atom. The lowest BCUT2D eigenvalue weighted by Gasteiger charge is -2.34. The molecule has 53 heavy (non-hydrogen) atoms. The Balaban J connectivity index is 1.06. The van der Waals surface area contributed by atoms with E-state index in [1.165, 1.54) is 50.1 Å². The van der Waals surface area contributed by atoms with Crippen LogP contribution in [0.4, 0.5) is 0 Å². The molecule has 0 bridgehead atoms. The molecule has 1 spiro atoms. The van der Waals surface area contributed by atoms with Crippen LogP contribution < -0.4 is 4.74 Å². The zero-order valence-corrected chi connectivity index (χ0v) is 29.3. The lowest BCUT2D eigenvalue weighted by molar-refractivity contribution is 0.270. The smallest absolute Gasteiger partial charge is 0.145 e. The van der Waals surface area contributed by atoms with Crippen molar-refractivity contribution in [3.63, 3.8) is 0 Å². The van der Waals surface area contributed by atoms with E-state index in [-0.39, 0.29) is 17.4 Å². The van der Waals surface area contributed by atoms with Crippen molar-refractivity contribution in [1.29, 1.82) is 0 Å². The Morgan fingerprint density at radius 1 is 0.642 bits per heavy atom. The monoisotopic (exact) mass is 680 g/mol. The molecular weight excluding hydrogens is 645 g/mol. The molecule has 12 rings (SSSR count). The first-order valence-corrected chi connectivity index (χ1v) is 19.1. The predicted octanol–water partition coefficient (Wildman–Crippen LogP) is 11.9. The van der Waals surface area contributed by atoms with Crippen molar-refractivity contribution in [2.45, 2.75) is 43.1 Å². The maximum absolute atomic E-state index is 6.60. The zero-order chi connectivity index (χ0) is 34.7. The molecule has 1 aliphatic heterocycles. The van der Waals surface area contributed by atoms with Gasteiger partial charge in [-0.05, 0) is 112 Å². The molecule has 3 nitrogen and oxygen atoms in total. The van der Waals surface area contributed by atoms with E-state index in [0.29, 0.717) is 0 Å². The van der Waals surface area contributed by atoms with Crippen molar-refractivity contribution < 1.29 is 4.74 Å². The number of fused-ring (bicyclic) bond motifs is 12. The number of hydrogen-bond donors (Lipinski definition) is 0. The molecule has 252 valence electrons. The first kappa shape index (κ1) is 29.4. The summed E-state index contributed by atoms with van der Waals surface area (Å²) < 4.78 is 8.99. The SMILES string of the molecule is C1=CC2Oc3c(-c4cccc(-c5nc6ccccc6n5-c5ccc6c(c5)C5(C7=C(CCC=C7)c7ccccc75)C5=C6CCC=C5)c4)cccc3C2C=C1. The first-order chi connectivity index (χ1) is 26.3. The molecule has 0 amide bonds. The minimum Gasteiger partial charge on any atom is -0.484 e. The van der Waals surface area contributed by atoms with Gasteiger partial charge in [-0.3, -0.25) is 4.57 Å². The molecule has 0 saturated heterocycles. The normalized spacial score (nSPS) is 22.6. The minimum absolute atomic E-state index is 0.0463. The fourth-order valence-corrected chi connectivity index (χ4v) is 10.4. The molecular formula is C50H36N2O. The number of hydrogen-bond acceptors (Lipinski definition) is 2. The van der Waals surface area contributed by atoms with Crippen LogP contribution >= 0.6 is 0 Å². The summed E-state index contributed by atoms with van der Waals surface area (Å²) in [5.41, 5.74) is 19.1. The summed E-state index contributed by atoms with van der Waals surface area (Å²) in [5.74, 6) is 2.18. The largest absolute Gasteiger partial charge is 0.484 e. The van der Waals surface area contributed by atoms with Gasteiger partial charge < -0.3 is 4.74 Å². The fraction of sp³-hybridized carbons (Fsp3) is 0.140. The maximum atomic E-state index is 6.60. The van der Waals surface area contributed by atoms with Crippen molar-refractivity contribution in [3.05, 3.63) is 197 Å². The van der Waals surface area contributed by atoms with Crippen molar-refractivity contribution in [1.82, 2.24) is 9.55 Å². The van der Waals surface area contributed by atoms with Gasteiger partial charge in [0.05, 0.1) is 16.4 Å². The lowest BCUT2D eigenvalue weighted by Crippen LogP contribution is -2.28. The topological polar surface area (TPSA) is 27.1 Å². The van der Waals surface area contributed by atoms with E-state index in [1.54, 1.807) is 0 Å². The van der Waals surface area contributed by atoms with Crippen molar-refractivity contribution >= 4 is 22.2 Å². The van der Waals surface area contributed by atoms with E-state index >= 15 is 0 Å². The molecule has 3 heteroatoms. The highest BCUT2D eigenvalue weighted by Gasteiger charge is 2.53. The third-order valence-corrected chi connectivity index (χ3v) is 12.5. The van der Waals surface area contributed by atoms with Crippen LogP contribution in [-0.2, 0) is 5.41 Å². The summed E-state index contributed by atoms with van der Waals surface area (Å²) in [6.45, 7) is 0. The minimum atomic E-state index is -0.313. The van der Waals surface area contributed by atoms with Gasteiger partial charge in [-0.25, -0.2) is 4.98 Å². The highest BCUT2D eigenvalue weighted by atomic mass is 16.5. The summed E-state index contributed by atoms with van der Waals surface area (Å²) in [6.07, 6.45) is 22.7. The van der Waals surface area contributed by atoms with Crippen LogP contribution in [0.3, 0.4) is 0 Å². The number of ether oxygens (including phenoxy) is 1. The standard InChI is InChI=1S/C50H36N2O/c1-5-21-41-35(15-1)36-16-2-6-22-42(36)50(41)43-23-7-3-17-37(43)38-28-27-33(30-44(38)50)52-46-25-9-8-24-45(46)51-49(52)32-14-11-13-31(29-32)34-19-12-20-40-39-18-4-10-26-47(39)53-48(34)40/h1,4-15,18-30,39,47H,2-3,16-17H2. The van der Waals surface area contributed by atoms with Crippen molar-refractivity contribution in [3.8, 4) is 34.0 Å². The molecule has 5 aromatic carbocycles. The summed E-state index contributed by atoms with van der Waals surface area (Å²) in [6, 6.07) is 40.4. The van der Waals surface area contributed by atoms with Gasteiger partial charge in [0.1, 0.15) is 17.7 Å². The van der Waals surface area contributed by atoms with Gasteiger partial charge >= 0.3 is 0 Å². The second-order valence-electron chi connectivity index (χ2n) is 15.1. The van der Waals surface area contributed by atoms with Crippen LogP contribution in [-0.4, -0.2) is 15.7 Å². The van der Waals surface area contributed by atoms with E-state index in [2.05, 4.69) is 162 Å². The Labute approximate surface area is 309 Å². The van der Waals surface area contributed by atoms with Crippen LogP contribution in [0.5, 0.6) is 5.75 Å². The lowest BCUT2D eigenvalue weighted by atomic mass is 9.67. The molecule has 1 aromatic heterocycles. The van der Waals surface area contributed by atoms with E-state index in [9.17, 15) is 0 Å². The number of nitrogens with zero attached hydrogens (tertiary/aromatic N) is 2. The van der Waals surface area contributed by atoms with Crippen LogP contribution in [0, 0.1) is 0 Å². The summed E-state index contributed by atoms with van der Waals surface area (Å²) in [7, 11) is 0. The maximum Gasteiger partial charge on any atom is 0.145 e. The molecule has 0 fully saturated rings. The molecule has 3 atom stereocenters. The summed E-state index contributed by atoms with van der Waals surface area (Å²) in [5, 5.41) is 0. The molecule has 0 N–H and O–H groups in total. The number of rotatable bonds is 3. The van der Waals surface area contributed by atoms with Crippen molar-refractivity contribution in [2.75, 3.05) is 0 Å². The van der Waals surface area contributed by atoms with Crippen LogP contribution in [0.2, 0.25) is 0 Å². The van der Waals surface area contributed by atoms with Gasteiger partial charge in [-0.2, -0.15) is 0 Å². The Kier molecular flexibility index (Phi) is 6.05. The van der Waals surface area contributed by atoms with E-state index < -0.39 is 0 Å².